The highest BCUT2D eigenvalue weighted by molar-refractivity contribution is 5.16. The zero-order valence-corrected chi connectivity index (χ0v) is 11.1. The van der Waals surface area contributed by atoms with Crippen molar-refractivity contribution >= 4 is 0 Å². The van der Waals surface area contributed by atoms with Crippen molar-refractivity contribution in [1.82, 2.24) is 10.3 Å². The summed E-state index contributed by atoms with van der Waals surface area (Å²) >= 11 is 0. The van der Waals surface area contributed by atoms with E-state index in [-0.39, 0.29) is 12.1 Å². The summed E-state index contributed by atoms with van der Waals surface area (Å²) in [6.07, 6.45) is 10.2. The Hall–Kier alpha value is -0.420. The molecule has 2 aliphatic heterocycles. The fourth-order valence-corrected chi connectivity index (χ4v) is 3.64. The molecule has 2 heterocycles. The Labute approximate surface area is 110 Å². The first-order valence-corrected chi connectivity index (χ1v) is 7.39. The van der Waals surface area contributed by atoms with Crippen LogP contribution in [0.2, 0.25) is 0 Å². The van der Waals surface area contributed by atoms with Gasteiger partial charge in [-0.25, -0.2) is 0 Å². The number of ether oxygens (including phenoxy) is 1. The number of morpholine rings is 1. The summed E-state index contributed by atoms with van der Waals surface area (Å²) in [5.41, 5.74) is 4.47. The van der Waals surface area contributed by atoms with Crippen LogP contribution in [0.5, 0.6) is 0 Å². The van der Waals surface area contributed by atoms with Crippen LogP contribution in [-0.2, 0) is 4.74 Å². The number of allylic oxidation sites excluding steroid dienone is 1. The van der Waals surface area contributed by atoms with Crippen LogP contribution in [0.1, 0.15) is 38.5 Å². The second-order valence-electron chi connectivity index (χ2n) is 5.83. The predicted octanol–water partition coefficient (Wildman–Crippen LogP) is 1.18. The maximum atomic E-state index is 6.07. The number of nitrogens with zero attached hydrogens (tertiary/aromatic N) is 1. The van der Waals surface area contributed by atoms with E-state index in [1.165, 1.54) is 50.6 Å². The van der Waals surface area contributed by atoms with E-state index in [0.717, 1.165) is 13.2 Å². The van der Waals surface area contributed by atoms with Crippen molar-refractivity contribution in [3.63, 3.8) is 0 Å². The first kappa shape index (κ1) is 12.6. The van der Waals surface area contributed by atoms with E-state index >= 15 is 0 Å². The van der Waals surface area contributed by atoms with Crippen molar-refractivity contribution in [3.8, 4) is 0 Å². The van der Waals surface area contributed by atoms with E-state index in [4.69, 9.17) is 10.6 Å². The molecule has 4 heteroatoms. The summed E-state index contributed by atoms with van der Waals surface area (Å²) < 4.78 is 6.07. The van der Waals surface area contributed by atoms with Gasteiger partial charge in [-0.3, -0.25) is 16.2 Å². The summed E-state index contributed by atoms with van der Waals surface area (Å²) in [5, 5.41) is 0. The Morgan fingerprint density at radius 2 is 2.33 bits per heavy atom. The lowest BCUT2D eigenvalue weighted by atomic mass is 9.90. The number of nitrogens with one attached hydrogen (secondary N) is 1. The van der Waals surface area contributed by atoms with E-state index in [9.17, 15) is 0 Å². The monoisotopic (exact) mass is 251 g/mol. The van der Waals surface area contributed by atoms with Crippen molar-refractivity contribution in [2.75, 3.05) is 19.7 Å². The summed E-state index contributed by atoms with van der Waals surface area (Å²) in [5.74, 6) is 5.78. The Bertz CT molecular complexity index is 318. The third-order valence-electron chi connectivity index (χ3n) is 4.69. The number of rotatable bonds is 3. The molecule has 0 aromatic carbocycles. The summed E-state index contributed by atoms with van der Waals surface area (Å²) in [7, 11) is 0. The van der Waals surface area contributed by atoms with Crippen LogP contribution in [0.3, 0.4) is 0 Å². The predicted molar refractivity (Wildman–Crippen MR) is 72.0 cm³/mol. The van der Waals surface area contributed by atoms with Crippen LogP contribution in [0.4, 0.5) is 0 Å². The molecular formula is C14H25N3O. The molecule has 0 spiro atoms. The molecule has 4 nitrogen and oxygen atoms in total. The lowest BCUT2D eigenvalue weighted by Crippen LogP contribution is -2.56. The Morgan fingerprint density at radius 3 is 3.11 bits per heavy atom. The summed E-state index contributed by atoms with van der Waals surface area (Å²) in [4.78, 5) is 2.59. The van der Waals surface area contributed by atoms with E-state index in [1.54, 1.807) is 0 Å². The highest BCUT2D eigenvalue weighted by atomic mass is 16.5. The summed E-state index contributed by atoms with van der Waals surface area (Å²) in [6, 6.07) is 0.881. The van der Waals surface area contributed by atoms with E-state index in [2.05, 4.69) is 16.4 Å². The van der Waals surface area contributed by atoms with Crippen molar-refractivity contribution in [2.24, 2.45) is 5.84 Å². The second-order valence-corrected chi connectivity index (χ2v) is 5.83. The summed E-state index contributed by atoms with van der Waals surface area (Å²) in [6.45, 7) is 3.16. The topological polar surface area (TPSA) is 50.5 Å². The molecule has 0 bridgehead atoms. The third-order valence-corrected chi connectivity index (χ3v) is 4.69. The van der Waals surface area contributed by atoms with Gasteiger partial charge in [-0.15, -0.1) is 0 Å². The smallest absolute Gasteiger partial charge is 0.0906 e. The van der Waals surface area contributed by atoms with Gasteiger partial charge >= 0.3 is 0 Å². The number of hydrogen-bond donors (Lipinski definition) is 2. The molecule has 18 heavy (non-hydrogen) atoms. The molecular weight excluding hydrogens is 226 g/mol. The van der Waals surface area contributed by atoms with Crippen molar-refractivity contribution in [3.05, 3.63) is 11.6 Å². The van der Waals surface area contributed by atoms with Gasteiger partial charge < -0.3 is 4.74 Å². The Balaban J connectivity index is 1.66. The largest absolute Gasteiger partial charge is 0.373 e. The highest BCUT2D eigenvalue weighted by Gasteiger charge is 2.36. The van der Waals surface area contributed by atoms with Crippen LogP contribution in [0.15, 0.2) is 11.6 Å². The number of hydrogen-bond acceptors (Lipinski definition) is 4. The molecule has 0 aromatic rings. The average molecular weight is 251 g/mol. The number of hydrazine groups is 1. The molecule has 3 unspecified atom stereocenters. The van der Waals surface area contributed by atoms with Crippen LogP contribution < -0.4 is 11.3 Å². The fourth-order valence-electron chi connectivity index (χ4n) is 3.64. The maximum Gasteiger partial charge on any atom is 0.0906 e. The number of nitrogens with two attached hydrogens (primary N) is 1. The molecule has 3 atom stereocenters. The highest BCUT2D eigenvalue weighted by Crippen LogP contribution is 2.28. The Morgan fingerprint density at radius 1 is 1.39 bits per heavy atom. The van der Waals surface area contributed by atoms with Gasteiger partial charge in [-0.2, -0.15) is 0 Å². The van der Waals surface area contributed by atoms with Gasteiger partial charge in [0.05, 0.1) is 18.8 Å². The molecule has 0 radical (unpaired) electrons. The van der Waals surface area contributed by atoms with Crippen LogP contribution in [0, 0.1) is 0 Å². The van der Waals surface area contributed by atoms with Gasteiger partial charge in [0.15, 0.2) is 0 Å². The van der Waals surface area contributed by atoms with Crippen molar-refractivity contribution in [1.29, 1.82) is 0 Å². The quantitative estimate of drug-likeness (QED) is 0.449. The van der Waals surface area contributed by atoms with Gasteiger partial charge in [0.2, 0.25) is 0 Å². The molecule has 0 saturated carbocycles. The normalized spacial score (nSPS) is 35.1. The lowest BCUT2D eigenvalue weighted by Gasteiger charge is -2.39. The third kappa shape index (κ3) is 2.48. The van der Waals surface area contributed by atoms with E-state index in [1.807, 2.05) is 0 Å². The molecule has 0 aromatic heterocycles. The van der Waals surface area contributed by atoms with Crippen LogP contribution in [-0.4, -0.2) is 42.8 Å². The standard InChI is InChI=1S/C14H25N3O/c15-16-14(11-5-2-1-3-6-11)13-9-17-8-4-7-12(17)10-18-13/h5,12-14,16H,1-4,6-10,15H2. The molecule has 0 amide bonds. The molecule has 3 aliphatic rings. The lowest BCUT2D eigenvalue weighted by molar-refractivity contribution is -0.0597. The van der Waals surface area contributed by atoms with E-state index in [0.29, 0.717) is 6.04 Å². The average Bonchev–Trinajstić information content (AvgIpc) is 2.88. The van der Waals surface area contributed by atoms with Crippen molar-refractivity contribution < 1.29 is 4.74 Å². The fraction of sp³-hybridized carbons (Fsp3) is 0.857. The van der Waals surface area contributed by atoms with Gasteiger partial charge in [0.25, 0.3) is 0 Å². The van der Waals surface area contributed by atoms with Crippen molar-refractivity contribution in [2.45, 2.75) is 56.7 Å². The molecule has 3 rings (SSSR count). The first-order chi connectivity index (χ1) is 8.88. The molecule has 1 aliphatic carbocycles. The second kappa shape index (κ2) is 5.70. The zero-order chi connectivity index (χ0) is 12.4. The van der Waals surface area contributed by atoms with Crippen LogP contribution in [0.25, 0.3) is 0 Å². The zero-order valence-electron chi connectivity index (χ0n) is 11.1. The molecule has 2 saturated heterocycles. The molecule has 102 valence electrons. The van der Waals surface area contributed by atoms with Crippen LogP contribution >= 0.6 is 0 Å². The number of fused-ring (bicyclic) bond motifs is 1. The van der Waals surface area contributed by atoms with Gasteiger partial charge in [-0.05, 0) is 45.1 Å². The Kier molecular flexibility index (Phi) is 3.99. The van der Waals surface area contributed by atoms with Gasteiger partial charge in [-0.1, -0.05) is 11.6 Å². The van der Waals surface area contributed by atoms with Gasteiger partial charge in [0.1, 0.15) is 0 Å². The van der Waals surface area contributed by atoms with E-state index < -0.39 is 0 Å². The maximum absolute atomic E-state index is 6.07. The molecule has 3 N–H and O–H groups in total. The molecule has 2 fully saturated rings. The minimum absolute atomic E-state index is 0.215. The first-order valence-electron chi connectivity index (χ1n) is 7.39. The minimum atomic E-state index is 0.215. The minimum Gasteiger partial charge on any atom is -0.373 e. The SMILES string of the molecule is NNC(C1=CCCCC1)C1CN2CCCC2CO1. The van der Waals surface area contributed by atoms with Gasteiger partial charge in [0, 0.05) is 12.6 Å².